The van der Waals surface area contributed by atoms with Crippen LogP contribution in [0.4, 0.5) is 0 Å². The Bertz CT molecular complexity index is 240. The van der Waals surface area contributed by atoms with E-state index in [-0.39, 0.29) is 0 Å². The second-order valence-corrected chi connectivity index (χ2v) is 5.60. The third-order valence-electron chi connectivity index (χ3n) is 4.84. The lowest BCUT2D eigenvalue weighted by molar-refractivity contribution is -0.175. The van der Waals surface area contributed by atoms with Gasteiger partial charge in [0.05, 0.1) is 6.10 Å². The molecule has 17 heavy (non-hydrogen) atoms. The van der Waals surface area contributed by atoms with E-state index < -0.39 is 0 Å². The van der Waals surface area contributed by atoms with Crippen LogP contribution in [0.2, 0.25) is 0 Å². The molecule has 0 bridgehead atoms. The number of ether oxygens (including phenoxy) is 1. The highest BCUT2D eigenvalue weighted by atomic mass is 16.5. The van der Waals surface area contributed by atoms with Gasteiger partial charge in [-0.2, -0.15) is 0 Å². The van der Waals surface area contributed by atoms with Crippen molar-refractivity contribution in [3.63, 3.8) is 0 Å². The topological polar surface area (TPSA) is 41.5 Å². The van der Waals surface area contributed by atoms with Crippen molar-refractivity contribution < 1.29 is 9.84 Å². The molecule has 0 aromatic rings. The van der Waals surface area contributed by atoms with E-state index in [2.05, 4.69) is 19.2 Å². The summed E-state index contributed by atoms with van der Waals surface area (Å²) in [5, 5.41) is 12.8. The second-order valence-electron chi connectivity index (χ2n) is 5.60. The van der Waals surface area contributed by atoms with Crippen molar-refractivity contribution in [2.24, 2.45) is 5.41 Å². The van der Waals surface area contributed by atoms with Gasteiger partial charge in [0.15, 0.2) is 0 Å². The molecule has 3 unspecified atom stereocenters. The molecule has 0 heterocycles. The van der Waals surface area contributed by atoms with Crippen LogP contribution in [-0.2, 0) is 4.74 Å². The van der Waals surface area contributed by atoms with Gasteiger partial charge in [-0.05, 0) is 39.0 Å². The fourth-order valence-corrected chi connectivity index (χ4v) is 3.52. The second kappa shape index (κ2) is 5.68. The molecule has 1 spiro atoms. The Kier molecular flexibility index (Phi) is 4.45. The zero-order chi connectivity index (χ0) is 12.3. The lowest BCUT2D eigenvalue weighted by Crippen LogP contribution is -2.68. The van der Waals surface area contributed by atoms with Crippen LogP contribution in [0.3, 0.4) is 0 Å². The van der Waals surface area contributed by atoms with Crippen LogP contribution in [0.15, 0.2) is 0 Å². The van der Waals surface area contributed by atoms with Gasteiger partial charge in [0.1, 0.15) is 0 Å². The lowest BCUT2D eigenvalue weighted by atomic mass is 9.51. The molecule has 2 aliphatic rings. The largest absolute Gasteiger partial charge is 0.396 e. The van der Waals surface area contributed by atoms with Crippen molar-refractivity contribution in [1.29, 1.82) is 0 Å². The minimum Gasteiger partial charge on any atom is -0.396 e. The maximum absolute atomic E-state index is 9.04. The van der Waals surface area contributed by atoms with E-state index in [1.54, 1.807) is 0 Å². The molecule has 2 saturated carbocycles. The average Bonchev–Trinajstić information content (AvgIpc) is 2.24. The molecule has 3 nitrogen and oxygen atoms in total. The van der Waals surface area contributed by atoms with Crippen LogP contribution in [0.25, 0.3) is 0 Å². The summed E-state index contributed by atoms with van der Waals surface area (Å²) >= 11 is 0. The van der Waals surface area contributed by atoms with Gasteiger partial charge in [-0.1, -0.05) is 13.3 Å². The highest BCUT2D eigenvalue weighted by Crippen LogP contribution is 2.57. The molecular formula is C14H27NO2. The summed E-state index contributed by atoms with van der Waals surface area (Å²) in [4.78, 5) is 0. The summed E-state index contributed by atoms with van der Waals surface area (Å²) in [7, 11) is 0. The predicted molar refractivity (Wildman–Crippen MR) is 69.0 cm³/mol. The minimum absolute atomic E-state index is 0.292. The van der Waals surface area contributed by atoms with Crippen molar-refractivity contribution in [2.75, 3.05) is 13.2 Å². The maximum Gasteiger partial charge on any atom is 0.0661 e. The number of hydrogen-bond donors (Lipinski definition) is 2. The molecule has 2 N–H and O–H groups in total. The molecule has 0 amide bonds. The Morgan fingerprint density at radius 2 is 2.18 bits per heavy atom. The highest BCUT2D eigenvalue weighted by Gasteiger charge is 2.58. The molecule has 0 aliphatic heterocycles. The zero-order valence-corrected chi connectivity index (χ0v) is 11.2. The Hall–Kier alpha value is -0.120. The molecule has 0 radical (unpaired) electrons. The summed E-state index contributed by atoms with van der Waals surface area (Å²) < 4.78 is 5.85. The zero-order valence-electron chi connectivity index (χ0n) is 11.2. The molecule has 2 rings (SSSR count). The monoisotopic (exact) mass is 241 g/mol. The van der Waals surface area contributed by atoms with Gasteiger partial charge < -0.3 is 15.2 Å². The van der Waals surface area contributed by atoms with Gasteiger partial charge in [-0.25, -0.2) is 0 Å². The highest BCUT2D eigenvalue weighted by molar-refractivity contribution is 5.12. The maximum atomic E-state index is 9.04. The van der Waals surface area contributed by atoms with Gasteiger partial charge in [0.2, 0.25) is 0 Å². The first kappa shape index (κ1) is 13.3. The summed E-state index contributed by atoms with van der Waals surface area (Å²) in [5.41, 5.74) is 0.443. The number of aliphatic hydroxyl groups is 1. The van der Waals surface area contributed by atoms with Crippen molar-refractivity contribution in [1.82, 2.24) is 5.32 Å². The van der Waals surface area contributed by atoms with Gasteiger partial charge in [0.25, 0.3) is 0 Å². The summed E-state index contributed by atoms with van der Waals surface area (Å²) in [6, 6.07) is 1.11. The normalized spacial score (nSPS) is 31.9. The van der Waals surface area contributed by atoms with Crippen LogP contribution in [0.1, 0.15) is 52.4 Å². The smallest absolute Gasteiger partial charge is 0.0661 e. The number of rotatable bonds is 7. The standard InChI is InChI=1S/C14H27NO2/c1-3-11(6-9-16)15-12-10-13(17-4-2)14(12)7-5-8-14/h11-13,15-16H,3-10H2,1-2H3. The molecular weight excluding hydrogens is 214 g/mol. The van der Waals surface area contributed by atoms with Crippen molar-refractivity contribution in [3.8, 4) is 0 Å². The van der Waals surface area contributed by atoms with E-state index in [0.717, 1.165) is 25.9 Å². The summed E-state index contributed by atoms with van der Waals surface area (Å²) in [6.45, 7) is 5.42. The predicted octanol–water partition coefficient (Wildman–Crippen LogP) is 2.08. The van der Waals surface area contributed by atoms with Crippen molar-refractivity contribution >= 4 is 0 Å². The molecule has 0 aromatic carbocycles. The number of nitrogens with one attached hydrogen (secondary N) is 1. The molecule has 2 fully saturated rings. The van der Waals surface area contributed by atoms with Gasteiger partial charge in [-0.15, -0.1) is 0 Å². The van der Waals surface area contributed by atoms with Gasteiger partial charge >= 0.3 is 0 Å². The van der Waals surface area contributed by atoms with E-state index in [1.165, 1.54) is 19.3 Å². The van der Waals surface area contributed by atoms with Gasteiger partial charge in [-0.3, -0.25) is 0 Å². The quantitative estimate of drug-likeness (QED) is 0.717. The van der Waals surface area contributed by atoms with Gasteiger partial charge in [0, 0.05) is 30.7 Å². The van der Waals surface area contributed by atoms with Crippen LogP contribution in [0, 0.1) is 5.41 Å². The summed E-state index contributed by atoms with van der Waals surface area (Å²) in [5.74, 6) is 0. The van der Waals surface area contributed by atoms with Crippen molar-refractivity contribution in [3.05, 3.63) is 0 Å². The molecule has 100 valence electrons. The molecule has 3 atom stereocenters. The third-order valence-corrected chi connectivity index (χ3v) is 4.84. The SMILES string of the molecule is CCOC1CC(NC(CC)CCO)C12CCC2. The molecule has 0 aromatic heterocycles. The lowest BCUT2D eigenvalue weighted by Gasteiger charge is -2.62. The van der Waals surface area contributed by atoms with Crippen LogP contribution >= 0.6 is 0 Å². The molecule has 0 saturated heterocycles. The van der Waals surface area contributed by atoms with Crippen LogP contribution < -0.4 is 5.32 Å². The fourth-order valence-electron chi connectivity index (χ4n) is 3.52. The van der Waals surface area contributed by atoms with Crippen LogP contribution in [-0.4, -0.2) is 36.5 Å². The first-order valence-corrected chi connectivity index (χ1v) is 7.25. The Balaban J connectivity index is 1.86. The van der Waals surface area contributed by atoms with E-state index in [9.17, 15) is 0 Å². The minimum atomic E-state index is 0.292. The van der Waals surface area contributed by atoms with E-state index in [0.29, 0.717) is 30.2 Å². The Morgan fingerprint density at radius 3 is 2.65 bits per heavy atom. The fraction of sp³-hybridized carbons (Fsp3) is 1.00. The Labute approximate surface area is 105 Å². The number of hydrogen-bond acceptors (Lipinski definition) is 3. The first-order valence-electron chi connectivity index (χ1n) is 7.25. The van der Waals surface area contributed by atoms with E-state index >= 15 is 0 Å². The third kappa shape index (κ3) is 2.38. The summed E-state index contributed by atoms with van der Waals surface area (Å²) in [6.07, 6.45) is 7.64. The van der Waals surface area contributed by atoms with Crippen LogP contribution in [0.5, 0.6) is 0 Å². The molecule has 2 aliphatic carbocycles. The van der Waals surface area contributed by atoms with E-state index in [1.807, 2.05) is 0 Å². The number of aliphatic hydroxyl groups excluding tert-OH is 1. The first-order chi connectivity index (χ1) is 8.26. The molecule has 3 heteroatoms. The average molecular weight is 241 g/mol. The van der Waals surface area contributed by atoms with Crippen molar-refractivity contribution in [2.45, 2.75) is 70.6 Å². The van der Waals surface area contributed by atoms with E-state index in [4.69, 9.17) is 9.84 Å². The Morgan fingerprint density at radius 1 is 1.41 bits per heavy atom.